The van der Waals surface area contributed by atoms with Crippen molar-refractivity contribution in [3.8, 4) is 5.40 Å². The second kappa shape index (κ2) is 6.67. The Kier molecular flexibility index (Phi) is 4.60. The summed E-state index contributed by atoms with van der Waals surface area (Å²) in [6.45, 7) is 3.78. The molecule has 120 valence electrons. The first-order chi connectivity index (χ1) is 11.5. The van der Waals surface area contributed by atoms with Crippen LogP contribution in [0.25, 0.3) is 5.65 Å². The summed E-state index contributed by atoms with van der Waals surface area (Å²) >= 11 is 4.57. The maximum Gasteiger partial charge on any atom is 0.274 e. The third-order valence-corrected chi connectivity index (χ3v) is 4.66. The van der Waals surface area contributed by atoms with E-state index in [1.807, 2.05) is 31.5 Å². The van der Waals surface area contributed by atoms with E-state index in [2.05, 4.69) is 26.2 Å². The van der Waals surface area contributed by atoms with Gasteiger partial charge in [0.1, 0.15) is 11.1 Å². The van der Waals surface area contributed by atoms with Crippen molar-refractivity contribution < 1.29 is 4.79 Å². The number of imidazole rings is 1. The Morgan fingerprint density at radius 2 is 2.04 bits per heavy atom. The van der Waals surface area contributed by atoms with Gasteiger partial charge in [0, 0.05) is 16.8 Å². The zero-order chi connectivity index (χ0) is 17.3. The smallest absolute Gasteiger partial charge is 0.274 e. The number of nitrogens with zero attached hydrogens (tertiary/aromatic N) is 3. The maximum atomic E-state index is 12.7. The van der Waals surface area contributed by atoms with Gasteiger partial charge in [-0.1, -0.05) is 0 Å². The standard InChI is InChI=1S/C17H13BrN4OS/c1-10-7-14(18)16-20-11(2)15(22(16)8-10)17(23)21-12-3-5-13(6-4-12)24-9-19/h3-8H,1-2H3,(H,21,23). The van der Waals surface area contributed by atoms with Crippen molar-refractivity contribution in [2.45, 2.75) is 18.7 Å². The Morgan fingerprint density at radius 3 is 2.71 bits per heavy atom. The Morgan fingerprint density at radius 1 is 1.33 bits per heavy atom. The van der Waals surface area contributed by atoms with Gasteiger partial charge in [-0.05, 0) is 77.4 Å². The van der Waals surface area contributed by atoms with Crippen LogP contribution in [0.3, 0.4) is 0 Å². The molecule has 0 unspecified atom stereocenters. The minimum Gasteiger partial charge on any atom is -0.321 e. The molecule has 0 bridgehead atoms. The Balaban J connectivity index is 1.94. The lowest BCUT2D eigenvalue weighted by molar-refractivity contribution is 0.102. The number of fused-ring (bicyclic) bond motifs is 1. The van der Waals surface area contributed by atoms with E-state index in [0.29, 0.717) is 22.7 Å². The number of aromatic nitrogens is 2. The summed E-state index contributed by atoms with van der Waals surface area (Å²) in [4.78, 5) is 18.0. The zero-order valence-electron chi connectivity index (χ0n) is 13.0. The van der Waals surface area contributed by atoms with Crippen LogP contribution in [0.1, 0.15) is 21.7 Å². The molecule has 2 heterocycles. The zero-order valence-corrected chi connectivity index (χ0v) is 15.4. The molecule has 24 heavy (non-hydrogen) atoms. The number of thioether (sulfide) groups is 1. The van der Waals surface area contributed by atoms with Gasteiger partial charge in [-0.3, -0.25) is 9.20 Å². The minimum absolute atomic E-state index is 0.224. The summed E-state index contributed by atoms with van der Waals surface area (Å²) in [6.07, 6.45) is 1.89. The lowest BCUT2D eigenvalue weighted by Crippen LogP contribution is -2.15. The highest BCUT2D eigenvalue weighted by atomic mass is 79.9. The third-order valence-electron chi connectivity index (χ3n) is 3.48. The first-order valence-electron chi connectivity index (χ1n) is 7.11. The highest BCUT2D eigenvalue weighted by Gasteiger charge is 2.18. The second-order valence-electron chi connectivity index (χ2n) is 5.28. The molecule has 0 aliphatic heterocycles. The summed E-state index contributed by atoms with van der Waals surface area (Å²) in [5, 5.41) is 13.6. The van der Waals surface area contributed by atoms with Gasteiger partial charge < -0.3 is 5.32 Å². The lowest BCUT2D eigenvalue weighted by Gasteiger charge is -2.07. The van der Waals surface area contributed by atoms with Crippen molar-refractivity contribution in [2.24, 2.45) is 0 Å². The summed E-state index contributed by atoms with van der Waals surface area (Å²) in [5.41, 5.74) is 3.58. The van der Waals surface area contributed by atoms with Crippen LogP contribution in [0.2, 0.25) is 0 Å². The normalized spacial score (nSPS) is 10.6. The van der Waals surface area contributed by atoms with Crippen molar-refractivity contribution in [1.82, 2.24) is 9.38 Å². The molecule has 0 fully saturated rings. The van der Waals surface area contributed by atoms with Crippen LogP contribution in [0, 0.1) is 24.5 Å². The van der Waals surface area contributed by atoms with E-state index in [-0.39, 0.29) is 5.91 Å². The number of halogens is 1. The molecule has 5 nitrogen and oxygen atoms in total. The van der Waals surface area contributed by atoms with Crippen molar-refractivity contribution in [1.29, 1.82) is 5.26 Å². The fourth-order valence-electron chi connectivity index (χ4n) is 2.47. The number of pyridine rings is 1. The number of carbonyl (C=O) groups excluding carboxylic acids is 1. The number of nitrogens with one attached hydrogen (secondary N) is 1. The number of thiocyanates is 1. The van der Waals surface area contributed by atoms with E-state index in [1.165, 1.54) is 0 Å². The van der Waals surface area contributed by atoms with E-state index < -0.39 is 0 Å². The largest absolute Gasteiger partial charge is 0.321 e. The van der Waals surface area contributed by atoms with Gasteiger partial charge in [-0.15, -0.1) is 0 Å². The summed E-state index contributed by atoms with van der Waals surface area (Å²) < 4.78 is 2.65. The number of rotatable bonds is 3. The van der Waals surface area contributed by atoms with Crippen LogP contribution >= 0.6 is 27.7 Å². The molecular formula is C17H13BrN4OS. The van der Waals surface area contributed by atoms with Gasteiger partial charge >= 0.3 is 0 Å². The van der Waals surface area contributed by atoms with Crippen LogP contribution in [-0.2, 0) is 0 Å². The van der Waals surface area contributed by atoms with E-state index in [1.54, 1.807) is 28.7 Å². The predicted molar refractivity (Wildman–Crippen MR) is 98.2 cm³/mol. The number of carbonyl (C=O) groups is 1. The van der Waals surface area contributed by atoms with Crippen molar-refractivity contribution >= 4 is 44.9 Å². The molecule has 0 atom stereocenters. The van der Waals surface area contributed by atoms with E-state index in [0.717, 1.165) is 26.7 Å². The molecule has 1 aromatic carbocycles. The molecule has 0 aliphatic carbocycles. The van der Waals surface area contributed by atoms with Gasteiger partial charge in [0.2, 0.25) is 0 Å². The number of aryl methyl sites for hydroxylation is 2. The maximum absolute atomic E-state index is 12.7. The van der Waals surface area contributed by atoms with E-state index in [9.17, 15) is 4.79 Å². The highest BCUT2D eigenvalue weighted by molar-refractivity contribution is 9.10. The average Bonchev–Trinajstić information content (AvgIpc) is 2.86. The number of nitriles is 1. The number of amides is 1. The molecule has 1 N–H and O–H groups in total. The number of hydrogen-bond donors (Lipinski definition) is 1. The number of anilines is 1. The van der Waals surface area contributed by atoms with Crippen LogP contribution < -0.4 is 5.32 Å². The molecule has 0 spiro atoms. The van der Waals surface area contributed by atoms with Crippen LogP contribution in [0.5, 0.6) is 0 Å². The Bertz CT molecular complexity index is 973. The molecule has 0 aliphatic rings. The van der Waals surface area contributed by atoms with E-state index in [4.69, 9.17) is 5.26 Å². The molecular weight excluding hydrogens is 388 g/mol. The second-order valence-corrected chi connectivity index (χ2v) is 6.99. The topological polar surface area (TPSA) is 70.2 Å². The van der Waals surface area contributed by atoms with Crippen molar-refractivity contribution in [3.63, 3.8) is 0 Å². The predicted octanol–water partition coefficient (Wildman–Crippen LogP) is 4.54. The lowest BCUT2D eigenvalue weighted by atomic mass is 10.2. The van der Waals surface area contributed by atoms with Crippen molar-refractivity contribution in [2.75, 3.05) is 5.32 Å². The third kappa shape index (κ3) is 3.16. The number of benzene rings is 1. The van der Waals surface area contributed by atoms with Gasteiger partial charge in [0.25, 0.3) is 5.91 Å². The Hall–Kier alpha value is -2.30. The minimum atomic E-state index is -0.224. The molecule has 0 saturated carbocycles. The highest BCUT2D eigenvalue weighted by Crippen LogP contribution is 2.24. The molecule has 3 aromatic rings. The quantitative estimate of drug-likeness (QED) is 0.517. The molecule has 2 aromatic heterocycles. The first kappa shape index (κ1) is 16.6. The molecule has 3 rings (SSSR count). The van der Waals surface area contributed by atoms with Gasteiger partial charge in [-0.25, -0.2) is 4.98 Å². The first-order valence-corrected chi connectivity index (χ1v) is 8.72. The molecule has 7 heteroatoms. The van der Waals surface area contributed by atoms with Gasteiger partial charge in [0.15, 0.2) is 5.65 Å². The molecule has 0 radical (unpaired) electrons. The van der Waals surface area contributed by atoms with Crippen LogP contribution in [0.15, 0.2) is 45.9 Å². The van der Waals surface area contributed by atoms with Crippen molar-refractivity contribution in [3.05, 3.63) is 58.0 Å². The number of hydrogen-bond acceptors (Lipinski definition) is 4. The van der Waals surface area contributed by atoms with Crippen LogP contribution in [0.4, 0.5) is 5.69 Å². The fourth-order valence-corrected chi connectivity index (χ4v) is 3.49. The molecule has 0 saturated heterocycles. The van der Waals surface area contributed by atoms with Crippen LogP contribution in [-0.4, -0.2) is 15.3 Å². The monoisotopic (exact) mass is 400 g/mol. The summed E-state index contributed by atoms with van der Waals surface area (Å²) in [7, 11) is 0. The van der Waals surface area contributed by atoms with Gasteiger partial charge in [-0.2, -0.15) is 5.26 Å². The SMILES string of the molecule is Cc1cc(Br)c2nc(C)c(C(=O)Nc3ccc(SC#N)cc3)n2c1. The summed E-state index contributed by atoms with van der Waals surface area (Å²) in [6, 6.07) is 9.11. The Labute approximate surface area is 151 Å². The van der Waals surface area contributed by atoms with E-state index >= 15 is 0 Å². The summed E-state index contributed by atoms with van der Waals surface area (Å²) in [5.74, 6) is -0.224. The van der Waals surface area contributed by atoms with Gasteiger partial charge in [0.05, 0.1) is 10.2 Å². The average molecular weight is 401 g/mol. The fraction of sp³-hybridized carbons (Fsp3) is 0.118. The molecule has 1 amide bonds.